The lowest BCUT2D eigenvalue weighted by Gasteiger charge is -2.14. The monoisotopic (exact) mass is 446 g/mol. The Morgan fingerprint density at radius 1 is 1.15 bits per heavy atom. The molecule has 142 valence electrons. The van der Waals surface area contributed by atoms with Gasteiger partial charge in [-0.05, 0) is 55.0 Å². The van der Waals surface area contributed by atoms with Gasteiger partial charge in [0.05, 0.1) is 16.3 Å². The Morgan fingerprint density at radius 2 is 1.85 bits per heavy atom. The van der Waals surface area contributed by atoms with E-state index in [1.807, 2.05) is 0 Å². The van der Waals surface area contributed by atoms with Crippen molar-refractivity contribution in [2.45, 2.75) is 6.92 Å². The summed E-state index contributed by atoms with van der Waals surface area (Å²) in [6, 6.07) is 7.57. The molecule has 0 saturated heterocycles. The van der Waals surface area contributed by atoms with Crippen molar-refractivity contribution in [3.8, 4) is 5.75 Å². The molecule has 0 atom stereocenters. The van der Waals surface area contributed by atoms with E-state index < -0.39 is 11.9 Å². The van der Waals surface area contributed by atoms with Crippen LogP contribution in [0.15, 0.2) is 30.3 Å². The lowest BCUT2D eigenvalue weighted by atomic mass is 10.2. The van der Waals surface area contributed by atoms with Crippen LogP contribution in [0, 0.1) is 6.92 Å². The van der Waals surface area contributed by atoms with E-state index in [1.165, 1.54) is 12.1 Å². The Hall–Kier alpha value is -2.06. The fraction of sp³-hybridized carbons (Fsp3) is 0.118. The van der Waals surface area contributed by atoms with E-state index in [1.54, 1.807) is 25.1 Å². The van der Waals surface area contributed by atoms with Crippen LogP contribution in [-0.4, -0.2) is 28.7 Å². The summed E-state index contributed by atoms with van der Waals surface area (Å²) in [7, 11) is 0. The first-order valence-electron chi connectivity index (χ1n) is 7.39. The molecule has 1 amide bonds. The van der Waals surface area contributed by atoms with Crippen LogP contribution >= 0.6 is 47.0 Å². The van der Waals surface area contributed by atoms with Gasteiger partial charge in [-0.3, -0.25) is 10.1 Å². The third-order valence-corrected chi connectivity index (χ3v) is 4.23. The molecule has 0 aliphatic rings. The summed E-state index contributed by atoms with van der Waals surface area (Å²) < 4.78 is 5.41. The molecular weight excluding hydrogens is 435 g/mol. The number of halogens is 3. The Labute approximate surface area is 175 Å². The fourth-order valence-corrected chi connectivity index (χ4v) is 3.08. The number of thiocarbonyl (C=S) groups is 1. The first-order valence-corrected chi connectivity index (χ1v) is 8.93. The van der Waals surface area contributed by atoms with Crippen LogP contribution in [0.5, 0.6) is 5.75 Å². The zero-order valence-electron chi connectivity index (χ0n) is 13.8. The number of carbonyl (C=O) groups is 2. The first-order chi connectivity index (χ1) is 12.7. The van der Waals surface area contributed by atoms with E-state index in [4.69, 9.17) is 51.8 Å². The van der Waals surface area contributed by atoms with Crippen LogP contribution in [0.1, 0.15) is 15.9 Å². The van der Waals surface area contributed by atoms with Crippen molar-refractivity contribution in [3.05, 3.63) is 56.5 Å². The Kier molecular flexibility index (Phi) is 7.26. The molecule has 0 heterocycles. The third kappa shape index (κ3) is 5.97. The van der Waals surface area contributed by atoms with Crippen LogP contribution in [0.4, 0.5) is 5.69 Å². The van der Waals surface area contributed by atoms with Crippen LogP contribution in [0.2, 0.25) is 15.1 Å². The number of benzene rings is 2. The summed E-state index contributed by atoms with van der Waals surface area (Å²) in [5.41, 5.74) is 0.612. The number of carboxylic acids is 1. The molecule has 27 heavy (non-hydrogen) atoms. The molecule has 0 aliphatic heterocycles. The second-order valence-electron chi connectivity index (χ2n) is 5.32. The number of hydrogen-bond acceptors (Lipinski definition) is 4. The van der Waals surface area contributed by atoms with E-state index in [2.05, 4.69) is 10.6 Å². The van der Waals surface area contributed by atoms with Crippen molar-refractivity contribution in [3.63, 3.8) is 0 Å². The molecular formula is C17H13Cl3N2O4S. The van der Waals surface area contributed by atoms with Gasteiger partial charge in [0.1, 0.15) is 5.75 Å². The number of carbonyl (C=O) groups excluding carboxylic acids is 1. The molecule has 0 bridgehead atoms. The van der Waals surface area contributed by atoms with Gasteiger partial charge in [-0.2, -0.15) is 0 Å². The molecule has 2 rings (SSSR count). The van der Waals surface area contributed by atoms with Crippen molar-refractivity contribution >= 4 is 69.7 Å². The topological polar surface area (TPSA) is 87.7 Å². The Morgan fingerprint density at radius 3 is 2.48 bits per heavy atom. The molecule has 0 aliphatic carbocycles. The SMILES string of the molecule is Cc1cc(Cl)ccc1OCC(=O)NC(=S)Nc1c(Cl)cc(Cl)cc1C(=O)O. The zero-order valence-corrected chi connectivity index (χ0v) is 16.9. The minimum atomic E-state index is -1.25. The normalized spacial score (nSPS) is 10.2. The lowest BCUT2D eigenvalue weighted by Crippen LogP contribution is -2.37. The molecule has 3 N–H and O–H groups in total. The molecule has 2 aromatic carbocycles. The molecule has 0 saturated carbocycles. The number of hydrogen-bond donors (Lipinski definition) is 3. The van der Waals surface area contributed by atoms with Gasteiger partial charge < -0.3 is 15.2 Å². The molecule has 0 fully saturated rings. The van der Waals surface area contributed by atoms with Gasteiger partial charge in [-0.15, -0.1) is 0 Å². The van der Waals surface area contributed by atoms with E-state index >= 15 is 0 Å². The van der Waals surface area contributed by atoms with Crippen molar-refractivity contribution in [2.24, 2.45) is 0 Å². The van der Waals surface area contributed by atoms with E-state index in [9.17, 15) is 14.7 Å². The van der Waals surface area contributed by atoms with Gasteiger partial charge in [-0.1, -0.05) is 34.8 Å². The number of ether oxygens (including phenoxy) is 1. The maximum atomic E-state index is 12.0. The molecule has 0 radical (unpaired) electrons. The molecule has 2 aromatic rings. The van der Waals surface area contributed by atoms with Crippen molar-refractivity contribution in [1.29, 1.82) is 0 Å². The average Bonchev–Trinajstić information content (AvgIpc) is 2.56. The van der Waals surface area contributed by atoms with E-state index in [0.29, 0.717) is 10.8 Å². The predicted octanol–water partition coefficient (Wildman–Crippen LogP) is 4.55. The number of anilines is 1. The van der Waals surface area contributed by atoms with E-state index in [0.717, 1.165) is 5.56 Å². The summed E-state index contributed by atoms with van der Waals surface area (Å²) in [4.78, 5) is 23.3. The second-order valence-corrected chi connectivity index (χ2v) is 7.00. The van der Waals surface area contributed by atoms with Crippen LogP contribution in [0.25, 0.3) is 0 Å². The highest BCUT2D eigenvalue weighted by atomic mass is 35.5. The van der Waals surface area contributed by atoms with Crippen LogP contribution in [-0.2, 0) is 4.79 Å². The maximum Gasteiger partial charge on any atom is 0.337 e. The van der Waals surface area contributed by atoms with Crippen molar-refractivity contribution < 1.29 is 19.4 Å². The summed E-state index contributed by atoms with van der Waals surface area (Å²) >= 11 is 22.7. The highest BCUT2D eigenvalue weighted by molar-refractivity contribution is 7.80. The van der Waals surface area contributed by atoms with Gasteiger partial charge >= 0.3 is 5.97 Å². The first kappa shape index (κ1) is 21.2. The maximum absolute atomic E-state index is 12.0. The number of nitrogens with one attached hydrogen (secondary N) is 2. The largest absolute Gasteiger partial charge is 0.483 e. The number of aryl methyl sites for hydroxylation is 1. The summed E-state index contributed by atoms with van der Waals surface area (Å²) in [6.45, 7) is 1.49. The number of carboxylic acid groups (broad SMARTS) is 1. The number of amides is 1. The molecule has 0 unspecified atom stereocenters. The quantitative estimate of drug-likeness (QED) is 0.583. The lowest BCUT2D eigenvalue weighted by molar-refractivity contribution is -0.121. The minimum absolute atomic E-state index is 0.0216. The van der Waals surface area contributed by atoms with Crippen molar-refractivity contribution in [2.75, 3.05) is 11.9 Å². The van der Waals surface area contributed by atoms with Gasteiger partial charge in [0.15, 0.2) is 11.7 Å². The smallest absolute Gasteiger partial charge is 0.337 e. The molecule has 0 aromatic heterocycles. The Bertz CT molecular complexity index is 921. The number of aromatic carboxylic acids is 1. The van der Waals surface area contributed by atoms with E-state index in [-0.39, 0.29) is 33.0 Å². The Balaban J connectivity index is 1.99. The molecule has 10 heteroatoms. The van der Waals surface area contributed by atoms with Gasteiger partial charge in [0.2, 0.25) is 0 Å². The average molecular weight is 448 g/mol. The summed E-state index contributed by atoms with van der Waals surface area (Å²) in [5, 5.41) is 14.8. The predicted molar refractivity (Wildman–Crippen MR) is 109 cm³/mol. The number of rotatable bonds is 5. The third-order valence-electron chi connectivity index (χ3n) is 3.27. The summed E-state index contributed by atoms with van der Waals surface area (Å²) in [5.74, 6) is -1.29. The molecule has 6 nitrogen and oxygen atoms in total. The standard InChI is InChI=1S/C17H13Cl3N2O4S/c1-8-4-9(18)2-3-13(8)26-7-14(23)21-17(27)22-15-11(16(24)25)5-10(19)6-12(15)20/h2-6H,7H2,1H3,(H,24,25)(H2,21,22,23,27). The molecule has 0 spiro atoms. The van der Waals surface area contributed by atoms with Gasteiger partial charge in [0, 0.05) is 10.0 Å². The minimum Gasteiger partial charge on any atom is -0.483 e. The zero-order chi connectivity index (χ0) is 20.1. The summed E-state index contributed by atoms with van der Waals surface area (Å²) in [6.07, 6.45) is 0. The van der Waals surface area contributed by atoms with Crippen molar-refractivity contribution in [1.82, 2.24) is 5.32 Å². The van der Waals surface area contributed by atoms with Gasteiger partial charge in [0.25, 0.3) is 5.91 Å². The second kappa shape index (κ2) is 9.23. The highest BCUT2D eigenvalue weighted by Gasteiger charge is 2.17. The van der Waals surface area contributed by atoms with Crippen LogP contribution in [0.3, 0.4) is 0 Å². The van der Waals surface area contributed by atoms with Gasteiger partial charge in [-0.25, -0.2) is 4.79 Å². The highest BCUT2D eigenvalue weighted by Crippen LogP contribution is 2.30. The van der Waals surface area contributed by atoms with Crippen LogP contribution < -0.4 is 15.4 Å². The fourth-order valence-electron chi connectivity index (χ4n) is 2.09.